The third kappa shape index (κ3) is 1.87. The first-order chi connectivity index (χ1) is 7.61. The van der Waals surface area contributed by atoms with Crippen LogP contribution in [0.5, 0.6) is 0 Å². The van der Waals surface area contributed by atoms with Gasteiger partial charge in [-0.2, -0.15) is 0 Å². The molecular weight excluding hydrogens is 204 g/mol. The van der Waals surface area contributed by atoms with E-state index in [1.54, 1.807) is 0 Å². The average Bonchev–Trinajstić information content (AvgIpc) is 2.57. The molecule has 0 fully saturated rings. The molecule has 5 N–H and O–H groups in total. The molecule has 0 saturated heterocycles. The van der Waals surface area contributed by atoms with Crippen molar-refractivity contribution in [3.05, 3.63) is 34.2 Å². The Labute approximate surface area is 93.1 Å². The number of aromatic nitrogens is 2. The lowest BCUT2D eigenvalue weighted by Gasteiger charge is -2.20. The van der Waals surface area contributed by atoms with Crippen LogP contribution < -0.4 is 16.7 Å². The zero-order valence-electron chi connectivity index (χ0n) is 9.37. The van der Waals surface area contributed by atoms with Crippen LogP contribution in [0.2, 0.25) is 0 Å². The Morgan fingerprint density at radius 1 is 1.31 bits per heavy atom. The van der Waals surface area contributed by atoms with E-state index in [1.165, 1.54) is 0 Å². The molecule has 2 aromatic rings. The van der Waals surface area contributed by atoms with Crippen molar-refractivity contribution in [3.8, 4) is 0 Å². The van der Waals surface area contributed by atoms with Crippen molar-refractivity contribution >= 4 is 11.0 Å². The highest BCUT2D eigenvalue weighted by molar-refractivity contribution is 5.75. The molecule has 0 aliphatic carbocycles. The van der Waals surface area contributed by atoms with E-state index >= 15 is 0 Å². The van der Waals surface area contributed by atoms with Crippen LogP contribution in [0.4, 0.5) is 0 Å². The van der Waals surface area contributed by atoms with Crippen LogP contribution in [-0.4, -0.2) is 23.1 Å². The van der Waals surface area contributed by atoms with Gasteiger partial charge in [-0.25, -0.2) is 4.79 Å². The Balaban J connectivity index is 2.48. The monoisotopic (exact) mass is 220 g/mol. The number of rotatable bonds is 3. The van der Waals surface area contributed by atoms with Crippen LogP contribution >= 0.6 is 0 Å². The van der Waals surface area contributed by atoms with Gasteiger partial charge in [-0.1, -0.05) is 6.07 Å². The molecule has 5 nitrogen and oxygen atoms in total. The fourth-order valence-corrected chi connectivity index (χ4v) is 1.98. The number of fused-ring (bicyclic) bond motifs is 1. The number of nitrogens with one attached hydrogen (secondary N) is 3. The Kier molecular flexibility index (Phi) is 2.80. The minimum atomic E-state index is -0.186. The van der Waals surface area contributed by atoms with Crippen molar-refractivity contribution < 1.29 is 0 Å². The van der Waals surface area contributed by atoms with Gasteiger partial charge in [-0.15, -0.1) is 0 Å². The van der Waals surface area contributed by atoms with Crippen molar-refractivity contribution in [2.45, 2.75) is 19.0 Å². The predicted octanol–water partition coefficient (Wildman–Crippen LogP) is 0.464. The third-order valence-electron chi connectivity index (χ3n) is 2.74. The normalized spacial score (nSPS) is 15.2. The smallest absolute Gasteiger partial charge is 0.323 e. The largest absolute Gasteiger partial charge is 0.326 e. The Hall–Kier alpha value is -1.59. The van der Waals surface area contributed by atoms with Gasteiger partial charge in [0.15, 0.2) is 0 Å². The first kappa shape index (κ1) is 10.9. The maximum Gasteiger partial charge on any atom is 0.323 e. The van der Waals surface area contributed by atoms with Crippen molar-refractivity contribution in [2.75, 3.05) is 7.05 Å². The number of nitrogens with two attached hydrogens (primary N) is 1. The van der Waals surface area contributed by atoms with E-state index in [9.17, 15) is 4.79 Å². The summed E-state index contributed by atoms with van der Waals surface area (Å²) in [7, 11) is 1.87. The lowest BCUT2D eigenvalue weighted by atomic mass is 10.0. The van der Waals surface area contributed by atoms with E-state index in [4.69, 9.17) is 5.73 Å². The molecule has 86 valence electrons. The summed E-state index contributed by atoms with van der Waals surface area (Å²) in [5.74, 6) is 0. The van der Waals surface area contributed by atoms with Gasteiger partial charge in [0, 0.05) is 12.1 Å². The molecule has 1 heterocycles. The predicted molar refractivity (Wildman–Crippen MR) is 64.4 cm³/mol. The highest BCUT2D eigenvalue weighted by Gasteiger charge is 2.14. The highest BCUT2D eigenvalue weighted by atomic mass is 16.1. The summed E-state index contributed by atoms with van der Waals surface area (Å²) < 4.78 is 0. The summed E-state index contributed by atoms with van der Waals surface area (Å²) in [4.78, 5) is 16.6. The molecule has 0 spiro atoms. The number of hydrogen-bond donors (Lipinski definition) is 4. The molecule has 2 unspecified atom stereocenters. The van der Waals surface area contributed by atoms with Crippen LogP contribution in [0.15, 0.2) is 23.0 Å². The molecule has 0 aliphatic heterocycles. The van der Waals surface area contributed by atoms with Crippen LogP contribution in [-0.2, 0) is 0 Å². The number of aromatic amines is 2. The average molecular weight is 220 g/mol. The van der Waals surface area contributed by atoms with Crippen LogP contribution in [0.3, 0.4) is 0 Å². The lowest BCUT2D eigenvalue weighted by molar-refractivity contribution is 0.504. The Morgan fingerprint density at radius 2 is 2.00 bits per heavy atom. The summed E-state index contributed by atoms with van der Waals surface area (Å²) in [6.45, 7) is 1.95. The standard InChI is InChI=1S/C11H16N4O/c1-6(12)10(13-2)7-3-4-8-9(5-7)15-11(16)14-8/h3-6,10,13H,12H2,1-2H3,(H2,14,15,16). The molecule has 16 heavy (non-hydrogen) atoms. The zero-order chi connectivity index (χ0) is 11.7. The molecule has 2 atom stereocenters. The van der Waals surface area contributed by atoms with Gasteiger partial charge in [-0.3, -0.25) is 0 Å². The molecular formula is C11H16N4O. The van der Waals surface area contributed by atoms with Crippen molar-refractivity contribution in [3.63, 3.8) is 0 Å². The molecule has 0 amide bonds. The molecule has 0 radical (unpaired) electrons. The third-order valence-corrected chi connectivity index (χ3v) is 2.74. The van der Waals surface area contributed by atoms with E-state index in [-0.39, 0.29) is 17.8 Å². The number of hydrogen-bond acceptors (Lipinski definition) is 3. The molecule has 1 aromatic heterocycles. The highest BCUT2D eigenvalue weighted by Crippen LogP contribution is 2.18. The van der Waals surface area contributed by atoms with Gasteiger partial charge in [-0.05, 0) is 31.7 Å². The quantitative estimate of drug-likeness (QED) is 0.606. The molecule has 0 saturated carbocycles. The topological polar surface area (TPSA) is 86.7 Å². The van der Waals surface area contributed by atoms with Crippen molar-refractivity contribution in [2.24, 2.45) is 5.73 Å². The van der Waals surface area contributed by atoms with Gasteiger partial charge < -0.3 is 21.0 Å². The fourth-order valence-electron chi connectivity index (χ4n) is 1.98. The fraction of sp³-hybridized carbons (Fsp3) is 0.364. The maximum absolute atomic E-state index is 11.1. The summed E-state index contributed by atoms with van der Waals surface area (Å²) in [6.07, 6.45) is 0. The number of H-pyrrole nitrogens is 2. The summed E-state index contributed by atoms with van der Waals surface area (Å²) >= 11 is 0. The Bertz CT molecular complexity index is 540. The summed E-state index contributed by atoms with van der Waals surface area (Å²) in [5.41, 5.74) is 8.39. The first-order valence-corrected chi connectivity index (χ1v) is 5.26. The molecule has 0 aliphatic rings. The van der Waals surface area contributed by atoms with Gasteiger partial charge in [0.1, 0.15) is 0 Å². The van der Waals surface area contributed by atoms with Crippen LogP contribution in [0.25, 0.3) is 11.0 Å². The van der Waals surface area contributed by atoms with Crippen molar-refractivity contribution in [1.29, 1.82) is 0 Å². The second kappa shape index (κ2) is 4.11. The second-order valence-corrected chi connectivity index (χ2v) is 4.01. The second-order valence-electron chi connectivity index (χ2n) is 4.01. The lowest BCUT2D eigenvalue weighted by Crippen LogP contribution is -2.33. The number of imidazole rings is 1. The molecule has 2 rings (SSSR count). The van der Waals surface area contributed by atoms with Gasteiger partial charge in [0.2, 0.25) is 0 Å². The minimum Gasteiger partial charge on any atom is -0.326 e. The number of likely N-dealkylation sites (N-methyl/N-ethyl adjacent to an activating group) is 1. The summed E-state index contributed by atoms with van der Waals surface area (Å²) in [5, 5.41) is 3.16. The van der Waals surface area contributed by atoms with Gasteiger partial charge >= 0.3 is 5.69 Å². The van der Waals surface area contributed by atoms with Crippen LogP contribution in [0, 0.1) is 0 Å². The van der Waals surface area contributed by atoms with Crippen LogP contribution in [0.1, 0.15) is 18.5 Å². The van der Waals surface area contributed by atoms with E-state index in [2.05, 4.69) is 15.3 Å². The van der Waals surface area contributed by atoms with Gasteiger partial charge in [0.05, 0.1) is 11.0 Å². The SMILES string of the molecule is CNC(c1ccc2[nH]c(=O)[nH]c2c1)C(C)N. The zero-order valence-corrected chi connectivity index (χ0v) is 9.37. The van der Waals surface area contributed by atoms with E-state index < -0.39 is 0 Å². The molecule has 5 heteroatoms. The van der Waals surface area contributed by atoms with E-state index in [0.717, 1.165) is 16.6 Å². The van der Waals surface area contributed by atoms with E-state index in [1.807, 2.05) is 32.2 Å². The maximum atomic E-state index is 11.1. The summed E-state index contributed by atoms with van der Waals surface area (Å²) in [6, 6.07) is 5.89. The first-order valence-electron chi connectivity index (χ1n) is 5.26. The number of benzene rings is 1. The van der Waals surface area contributed by atoms with E-state index in [0.29, 0.717) is 0 Å². The van der Waals surface area contributed by atoms with Crippen molar-refractivity contribution in [1.82, 2.24) is 15.3 Å². The van der Waals surface area contributed by atoms with Gasteiger partial charge in [0.25, 0.3) is 0 Å². The minimum absolute atomic E-state index is 0.00751. The molecule has 1 aromatic carbocycles. The molecule has 0 bridgehead atoms. The Morgan fingerprint density at radius 3 is 2.62 bits per heavy atom.